The van der Waals surface area contributed by atoms with Crippen LogP contribution >= 0.6 is 0 Å². The van der Waals surface area contributed by atoms with Crippen molar-refractivity contribution in [3.63, 3.8) is 0 Å². The van der Waals surface area contributed by atoms with Gasteiger partial charge in [0, 0.05) is 38.3 Å². The predicted molar refractivity (Wildman–Crippen MR) is 76.5 cm³/mol. The van der Waals surface area contributed by atoms with E-state index in [0.717, 1.165) is 18.7 Å². The first kappa shape index (κ1) is 14.0. The molecular formula is C15H18FN3O2. The maximum Gasteiger partial charge on any atom is 0.242 e. The monoisotopic (exact) mass is 291 g/mol. The Morgan fingerprint density at radius 3 is 2.76 bits per heavy atom. The molecule has 5 nitrogen and oxygen atoms in total. The van der Waals surface area contributed by atoms with Crippen molar-refractivity contribution < 1.29 is 14.0 Å². The van der Waals surface area contributed by atoms with E-state index in [-0.39, 0.29) is 24.2 Å². The van der Waals surface area contributed by atoms with Crippen LogP contribution in [-0.2, 0) is 16.0 Å². The summed E-state index contributed by atoms with van der Waals surface area (Å²) in [4.78, 5) is 27.7. The van der Waals surface area contributed by atoms with Crippen molar-refractivity contribution in [1.82, 2.24) is 10.2 Å². The van der Waals surface area contributed by atoms with Gasteiger partial charge in [-0.3, -0.25) is 9.59 Å². The Labute approximate surface area is 122 Å². The van der Waals surface area contributed by atoms with Crippen LogP contribution in [0.5, 0.6) is 0 Å². The molecule has 0 aliphatic carbocycles. The molecule has 0 spiro atoms. The zero-order valence-corrected chi connectivity index (χ0v) is 11.8. The van der Waals surface area contributed by atoms with E-state index < -0.39 is 0 Å². The number of nitrogens with one attached hydrogen (secondary N) is 1. The fourth-order valence-corrected chi connectivity index (χ4v) is 2.85. The van der Waals surface area contributed by atoms with E-state index in [4.69, 9.17) is 0 Å². The van der Waals surface area contributed by atoms with Crippen molar-refractivity contribution in [3.8, 4) is 0 Å². The molecule has 1 aromatic rings. The number of amides is 2. The molecule has 1 aromatic carbocycles. The first-order valence-electron chi connectivity index (χ1n) is 7.22. The second-order valence-electron chi connectivity index (χ2n) is 5.38. The highest BCUT2D eigenvalue weighted by molar-refractivity contribution is 6.01. The number of nitrogens with zero attached hydrogens (tertiary/aromatic N) is 2. The van der Waals surface area contributed by atoms with E-state index in [0.29, 0.717) is 31.6 Å². The molecule has 2 amide bonds. The first-order valence-corrected chi connectivity index (χ1v) is 7.22. The standard InChI is InChI=1S/C15H18FN3O2/c16-12-2-3-13-11(9-12)1-4-14(20)19(13)10-15(21)18-7-5-17-6-8-18/h2-3,9,17H,1,4-8,10H2. The minimum absolute atomic E-state index is 0.0392. The van der Waals surface area contributed by atoms with Crippen molar-refractivity contribution in [3.05, 3.63) is 29.6 Å². The molecular weight excluding hydrogens is 273 g/mol. The van der Waals surface area contributed by atoms with Gasteiger partial charge < -0.3 is 15.1 Å². The van der Waals surface area contributed by atoms with Gasteiger partial charge in [0.15, 0.2) is 0 Å². The van der Waals surface area contributed by atoms with Crippen LogP contribution < -0.4 is 10.2 Å². The van der Waals surface area contributed by atoms with Gasteiger partial charge in [0.1, 0.15) is 12.4 Å². The zero-order chi connectivity index (χ0) is 14.8. The molecule has 0 bridgehead atoms. The Bertz CT molecular complexity index is 570. The molecule has 0 radical (unpaired) electrons. The molecule has 112 valence electrons. The lowest BCUT2D eigenvalue weighted by molar-refractivity contribution is -0.132. The van der Waals surface area contributed by atoms with Crippen LogP contribution in [0.4, 0.5) is 10.1 Å². The average Bonchev–Trinajstić information content (AvgIpc) is 2.51. The Kier molecular flexibility index (Phi) is 3.88. The summed E-state index contributed by atoms with van der Waals surface area (Å²) in [5.41, 5.74) is 1.46. The van der Waals surface area contributed by atoms with E-state index in [1.54, 1.807) is 11.0 Å². The van der Waals surface area contributed by atoms with E-state index in [2.05, 4.69) is 5.32 Å². The maximum atomic E-state index is 13.3. The number of halogens is 1. The number of piperazine rings is 1. The molecule has 0 saturated carbocycles. The molecule has 2 aliphatic rings. The van der Waals surface area contributed by atoms with Crippen molar-refractivity contribution in [2.24, 2.45) is 0 Å². The molecule has 6 heteroatoms. The number of carbonyl (C=O) groups is 2. The van der Waals surface area contributed by atoms with Crippen LogP contribution in [0.15, 0.2) is 18.2 Å². The van der Waals surface area contributed by atoms with Crippen LogP contribution in [0.1, 0.15) is 12.0 Å². The Morgan fingerprint density at radius 2 is 2.00 bits per heavy atom. The van der Waals surface area contributed by atoms with Gasteiger partial charge in [-0.1, -0.05) is 0 Å². The van der Waals surface area contributed by atoms with Gasteiger partial charge in [0.25, 0.3) is 0 Å². The highest BCUT2D eigenvalue weighted by Crippen LogP contribution is 2.28. The summed E-state index contributed by atoms with van der Waals surface area (Å²) < 4.78 is 13.3. The van der Waals surface area contributed by atoms with Crippen molar-refractivity contribution in [1.29, 1.82) is 0 Å². The summed E-state index contributed by atoms with van der Waals surface area (Å²) >= 11 is 0. The fraction of sp³-hybridized carbons (Fsp3) is 0.467. The van der Waals surface area contributed by atoms with Gasteiger partial charge in [0.2, 0.25) is 11.8 Å². The number of hydrogen-bond acceptors (Lipinski definition) is 3. The van der Waals surface area contributed by atoms with E-state index in [9.17, 15) is 14.0 Å². The zero-order valence-electron chi connectivity index (χ0n) is 11.8. The molecule has 0 unspecified atom stereocenters. The van der Waals surface area contributed by atoms with Crippen LogP contribution in [0.2, 0.25) is 0 Å². The first-order chi connectivity index (χ1) is 10.1. The molecule has 21 heavy (non-hydrogen) atoms. The summed E-state index contributed by atoms with van der Waals surface area (Å²) in [6.45, 7) is 2.93. The summed E-state index contributed by atoms with van der Waals surface area (Å²) in [7, 11) is 0. The van der Waals surface area contributed by atoms with Crippen molar-refractivity contribution in [2.75, 3.05) is 37.6 Å². The van der Waals surface area contributed by atoms with Gasteiger partial charge >= 0.3 is 0 Å². The summed E-state index contributed by atoms with van der Waals surface area (Å²) in [6, 6.07) is 4.37. The molecule has 1 N–H and O–H groups in total. The van der Waals surface area contributed by atoms with Crippen LogP contribution in [-0.4, -0.2) is 49.4 Å². The molecule has 0 atom stereocenters. The lowest BCUT2D eigenvalue weighted by Crippen LogP contribution is -2.51. The highest BCUT2D eigenvalue weighted by Gasteiger charge is 2.28. The van der Waals surface area contributed by atoms with Gasteiger partial charge in [-0.05, 0) is 30.2 Å². The highest BCUT2D eigenvalue weighted by atomic mass is 19.1. The third-order valence-corrected chi connectivity index (χ3v) is 4.00. The number of aryl methyl sites for hydroxylation is 1. The largest absolute Gasteiger partial charge is 0.339 e. The number of carbonyl (C=O) groups excluding carboxylic acids is 2. The van der Waals surface area contributed by atoms with Crippen LogP contribution in [0.3, 0.4) is 0 Å². The maximum absolute atomic E-state index is 13.3. The molecule has 1 fully saturated rings. The second kappa shape index (κ2) is 5.81. The van der Waals surface area contributed by atoms with Crippen LogP contribution in [0, 0.1) is 5.82 Å². The minimum atomic E-state index is -0.309. The van der Waals surface area contributed by atoms with E-state index >= 15 is 0 Å². The lowest BCUT2D eigenvalue weighted by atomic mass is 10.0. The quantitative estimate of drug-likeness (QED) is 0.865. The third kappa shape index (κ3) is 2.90. The number of rotatable bonds is 2. The summed E-state index contributed by atoms with van der Waals surface area (Å²) in [6.07, 6.45) is 0.857. The smallest absolute Gasteiger partial charge is 0.242 e. The Morgan fingerprint density at radius 1 is 1.24 bits per heavy atom. The molecule has 1 saturated heterocycles. The number of benzene rings is 1. The lowest BCUT2D eigenvalue weighted by Gasteiger charge is -2.33. The molecule has 2 aliphatic heterocycles. The molecule has 2 heterocycles. The molecule has 0 aromatic heterocycles. The number of fused-ring (bicyclic) bond motifs is 1. The van der Waals surface area contributed by atoms with Crippen molar-refractivity contribution >= 4 is 17.5 Å². The normalized spacial score (nSPS) is 18.6. The van der Waals surface area contributed by atoms with Gasteiger partial charge in [-0.2, -0.15) is 0 Å². The van der Waals surface area contributed by atoms with Gasteiger partial charge in [-0.25, -0.2) is 4.39 Å². The summed E-state index contributed by atoms with van der Waals surface area (Å²) in [5.74, 6) is -0.434. The Hall–Kier alpha value is -1.95. The molecule has 3 rings (SSSR count). The van der Waals surface area contributed by atoms with Crippen LogP contribution in [0.25, 0.3) is 0 Å². The number of anilines is 1. The Balaban J connectivity index is 1.78. The van der Waals surface area contributed by atoms with E-state index in [1.807, 2.05) is 0 Å². The predicted octanol–water partition coefficient (Wildman–Crippen LogP) is 0.537. The van der Waals surface area contributed by atoms with Gasteiger partial charge in [-0.15, -0.1) is 0 Å². The summed E-state index contributed by atoms with van der Waals surface area (Å²) in [5, 5.41) is 3.19. The minimum Gasteiger partial charge on any atom is -0.339 e. The SMILES string of the molecule is O=C(CN1C(=O)CCc2cc(F)ccc21)N1CCNCC1. The second-order valence-corrected chi connectivity index (χ2v) is 5.38. The fourth-order valence-electron chi connectivity index (χ4n) is 2.85. The average molecular weight is 291 g/mol. The third-order valence-electron chi connectivity index (χ3n) is 4.00. The van der Waals surface area contributed by atoms with Crippen molar-refractivity contribution in [2.45, 2.75) is 12.8 Å². The van der Waals surface area contributed by atoms with E-state index in [1.165, 1.54) is 17.0 Å². The number of hydrogen-bond donors (Lipinski definition) is 1. The topological polar surface area (TPSA) is 52.7 Å². The van der Waals surface area contributed by atoms with Gasteiger partial charge in [0.05, 0.1) is 0 Å².